The number of rotatable bonds is 4. The van der Waals surface area contributed by atoms with Gasteiger partial charge in [-0.05, 0) is 37.8 Å². The molecule has 6 nitrogen and oxygen atoms in total. The van der Waals surface area contributed by atoms with E-state index in [0.717, 1.165) is 17.7 Å². The second-order valence-corrected chi connectivity index (χ2v) is 7.25. The van der Waals surface area contributed by atoms with Crippen LogP contribution in [0.15, 0.2) is 24.3 Å². The van der Waals surface area contributed by atoms with Crippen LogP contribution >= 0.6 is 0 Å². The van der Waals surface area contributed by atoms with Gasteiger partial charge in [-0.15, -0.1) is 0 Å². The molecule has 1 N–H and O–H groups in total. The van der Waals surface area contributed by atoms with Crippen LogP contribution in [0, 0.1) is 11.8 Å². The standard InChI is InChI=1S/C20H26N2O4/c1-3-14-7-4-5-9-17(14)22-12-15(11-18(22)23)19(24)21-10-6-8-16(13(21)2)20(25)26/h4-5,7,9,13,15-16H,3,6,8,10-12H2,1-2H3,(H,25,26)/t13-,15?,16-/m0/s1. The lowest BCUT2D eigenvalue weighted by Gasteiger charge is -2.38. The summed E-state index contributed by atoms with van der Waals surface area (Å²) >= 11 is 0. The highest BCUT2D eigenvalue weighted by molar-refractivity contribution is 6.01. The van der Waals surface area contributed by atoms with Gasteiger partial charge in [-0.1, -0.05) is 25.1 Å². The van der Waals surface area contributed by atoms with Gasteiger partial charge < -0.3 is 14.9 Å². The first kappa shape index (κ1) is 18.4. The number of aryl methyl sites for hydroxylation is 1. The summed E-state index contributed by atoms with van der Waals surface area (Å²) in [5.74, 6) is -1.91. The fourth-order valence-electron chi connectivity index (χ4n) is 4.20. The highest BCUT2D eigenvalue weighted by Crippen LogP contribution is 2.32. The molecule has 0 aromatic heterocycles. The number of benzene rings is 1. The monoisotopic (exact) mass is 358 g/mol. The Hall–Kier alpha value is -2.37. The average Bonchev–Trinajstić information content (AvgIpc) is 3.02. The maximum absolute atomic E-state index is 13.0. The van der Waals surface area contributed by atoms with Crippen molar-refractivity contribution >= 4 is 23.5 Å². The van der Waals surface area contributed by atoms with E-state index in [-0.39, 0.29) is 24.3 Å². The Morgan fingerprint density at radius 3 is 2.69 bits per heavy atom. The number of hydrogen-bond acceptors (Lipinski definition) is 3. The van der Waals surface area contributed by atoms with E-state index in [9.17, 15) is 19.5 Å². The zero-order valence-electron chi connectivity index (χ0n) is 15.4. The number of likely N-dealkylation sites (tertiary alicyclic amines) is 1. The van der Waals surface area contributed by atoms with Gasteiger partial charge in [0.05, 0.1) is 11.8 Å². The van der Waals surface area contributed by atoms with Gasteiger partial charge in [0.2, 0.25) is 11.8 Å². The number of para-hydroxylation sites is 1. The Bertz CT molecular complexity index is 718. The van der Waals surface area contributed by atoms with Gasteiger partial charge in [0, 0.05) is 31.2 Å². The number of aliphatic carboxylic acids is 1. The topological polar surface area (TPSA) is 77.9 Å². The second kappa shape index (κ2) is 7.48. The van der Waals surface area contributed by atoms with Crippen LogP contribution in [0.25, 0.3) is 0 Å². The van der Waals surface area contributed by atoms with Gasteiger partial charge in [-0.3, -0.25) is 14.4 Å². The predicted octanol–water partition coefficient (Wildman–Crippen LogP) is 2.31. The molecule has 0 aliphatic carbocycles. The Balaban J connectivity index is 1.76. The Labute approximate surface area is 153 Å². The van der Waals surface area contributed by atoms with E-state index < -0.39 is 17.8 Å². The van der Waals surface area contributed by atoms with Crippen LogP contribution in [0.2, 0.25) is 0 Å². The molecule has 6 heteroatoms. The zero-order valence-corrected chi connectivity index (χ0v) is 15.4. The molecule has 0 spiro atoms. The molecule has 1 aromatic rings. The normalized spacial score (nSPS) is 26.2. The molecule has 0 saturated carbocycles. The third kappa shape index (κ3) is 3.32. The van der Waals surface area contributed by atoms with Crippen molar-refractivity contribution in [2.75, 3.05) is 18.0 Å². The number of anilines is 1. The minimum atomic E-state index is -0.851. The number of carbonyl (C=O) groups excluding carboxylic acids is 2. The van der Waals surface area contributed by atoms with Crippen LogP contribution in [0.1, 0.15) is 38.7 Å². The van der Waals surface area contributed by atoms with E-state index in [1.165, 1.54) is 0 Å². The fourth-order valence-corrected chi connectivity index (χ4v) is 4.20. The summed E-state index contributed by atoms with van der Waals surface area (Å²) in [6.45, 7) is 4.79. The van der Waals surface area contributed by atoms with Gasteiger partial charge >= 0.3 is 5.97 Å². The van der Waals surface area contributed by atoms with Gasteiger partial charge in [0.25, 0.3) is 0 Å². The molecule has 3 rings (SSSR count). The number of carboxylic acid groups (broad SMARTS) is 1. The summed E-state index contributed by atoms with van der Waals surface area (Å²) in [7, 11) is 0. The minimum Gasteiger partial charge on any atom is -0.481 e. The Kier molecular flexibility index (Phi) is 5.30. The maximum atomic E-state index is 13.0. The van der Waals surface area contributed by atoms with Gasteiger partial charge in [-0.25, -0.2) is 0 Å². The zero-order chi connectivity index (χ0) is 18.8. The van der Waals surface area contributed by atoms with Crippen LogP contribution in [0.3, 0.4) is 0 Å². The molecule has 0 bridgehead atoms. The van der Waals surface area contributed by atoms with E-state index in [1.807, 2.05) is 31.2 Å². The molecule has 0 radical (unpaired) electrons. The lowest BCUT2D eigenvalue weighted by atomic mass is 9.89. The largest absolute Gasteiger partial charge is 0.481 e. The Morgan fingerprint density at radius 1 is 1.27 bits per heavy atom. The second-order valence-electron chi connectivity index (χ2n) is 7.25. The maximum Gasteiger partial charge on any atom is 0.308 e. The molecule has 2 heterocycles. The number of piperidine rings is 1. The number of carboxylic acids is 1. The molecule has 26 heavy (non-hydrogen) atoms. The number of nitrogens with zero attached hydrogens (tertiary/aromatic N) is 2. The molecule has 2 amide bonds. The van der Waals surface area contributed by atoms with Crippen molar-refractivity contribution in [3.63, 3.8) is 0 Å². The molecule has 2 fully saturated rings. The van der Waals surface area contributed by atoms with Crippen molar-refractivity contribution in [2.45, 2.75) is 45.6 Å². The van der Waals surface area contributed by atoms with Crippen LogP contribution in [0.4, 0.5) is 5.69 Å². The van der Waals surface area contributed by atoms with E-state index in [4.69, 9.17) is 0 Å². The molecule has 2 saturated heterocycles. The van der Waals surface area contributed by atoms with Crippen molar-refractivity contribution in [1.82, 2.24) is 4.90 Å². The summed E-state index contributed by atoms with van der Waals surface area (Å²) in [6.07, 6.45) is 2.30. The molecule has 1 aromatic carbocycles. The van der Waals surface area contributed by atoms with Crippen LogP contribution in [-0.2, 0) is 20.8 Å². The SMILES string of the molecule is CCc1ccccc1N1CC(C(=O)N2CCC[C@H](C(=O)O)[C@@H]2C)CC1=O. The average molecular weight is 358 g/mol. The molecular formula is C20H26N2O4. The lowest BCUT2D eigenvalue weighted by Crippen LogP contribution is -2.51. The summed E-state index contributed by atoms with van der Waals surface area (Å²) in [5.41, 5.74) is 1.97. The lowest BCUT2D eigenvalue weighted by molar-refractivity contribution is -0.150. The van der Waals surface area contributed by atoms with E-state index in [2.05, 4.69) is 0 Å². The number of carbonyl (C=O) groups is 3. The molecule has 1 unspecified atom stereocenters. The third-order valence-corrected chi connectivity index (χ3v) is 5.73. The first-order valence-electron chi connectivity index (χ1n) is 9.35. The number of hydrogen-bond donors (Lipinski definition) is 1. The quantitative estimate of drug-likeness (QED) is 0.896. The molecular weight excluding hydrogens is 332 g/mol. The molecule has 2 aliphatic rings. The summed E-state index contributed by atoms with van der Waals surface area (Å²) in [4.78, 5) is 40.4. The molecule has 140 valence electrons. The number of amides is 2. The van der Waals surface area contributed by atoms with Crippen LogP contribution in [0.5, 0.6) is 0 Å². The van der Waals surface area contributed by atoms with Crippen LogP contribution < -0.4 is 4.90 Å². The summed E-state index contributed by atoms with van der Waals surface area (Å²) < 4.78 is 0. The predicted molar refractivity (Wildman–Crippen MR) is 97.8 cm³/mol. The first-order chi connectivity index (χ1) is 12.4. The highest BCUT2D eigenvalue weighted by Gasteiger charge is 2.42. The van der Waals surface area contributed by atoms with Gasteiger partial charge in [0.1, 0.15) is 0 Å². The molecule has 3 atom stereocenters. The van der Waals surface area contributed by atoms with Crippen molar-refractivity contribution < 1.29 is 19.5 Å². The fraction of sp³-hybridized carbons (Fsp3) is 0.550. The van der Waals surface area contributed by atoms with Gasteiger partial charge in [-0.2, -0.15) is 0 Å². The minimum absolute atomic E-state index is 0.0382. The van der Waals surface area contributed by atoms with E-state index in [1.54, 1.807) is 16.7 Å². The first-order valence-corrected chi connectivity index (χ1v) is 9.35. The van der Waals surface area contributed by atoms with Crippen molar-refractivity contribution in [3.05, 3.63) is 29.8 Å². The summed E-state index contributed by atoms with van der Waals surface area (Å²) in [5, 5.41) is 9.36. The van der Waals surface area contributed by atoms with Crippen LogP contribution in [-0.4, -0.2) is 46.9 Å². The van der Waals surface area contributed by atoms with Gasteiger partial charge in [0.15, 0.2) is 0 Å². The van der Waals surface area contributed by atoms with Crippen molar-refractivity contribution in [2.24, 2.45) is 11.8 Å². The third-order valence-electron chi connectivity index (χ3n) is 5.73. The smallest absolute Gasteiger partial charge is 0.308 e. The summed E-state index contributed by atoms with van der Waals surface area (Å²) in [6, 6.07) is 7.45. The highest BCUT2D eigenvalue weighted by atomic mass is 16.4. The van der Waals surface area contributed by atoms with Crippen molar-refractivity contribution in [3.8, 4) is 0 Å². The van der Waals surface area contributed by atoms with E-state index >= 15 is 0 Å². The Morgan fingerprint density at radius 2 is 2.00 bits per heavy atom. The van der Waals surface area contributed by atoms with Crippen molar-refractivity contribution in [1.29, 1.82) is 0 Å². The van der Waals surface area contributed by atoms with E-state index in [0.29, 0.717) is 25.9 Å². The molecule has 2 aliphatic heterocycles.